The second-order valence-electron chi connectivity index (χ2n) is 5.32. The van der Waals surface area contributed by atoms with Gasteiger partial charge in [-0.3, -0.25) is 9.78 Å². The van der Waals surface area contributed by atoms with E-state index in [0.717, 1.165) is 31.5 Å². The van der Waals surface area contributed by atoms with Crippen LogP contribution in [0.4, 0.5) is 0 Å². The zero-order chi connectivity index (χ0) is 15.9. The molecule has 118 valence electrons. The number of carbonyl (C=O) groups is 1. The number of hydrogen-bond donors (Lipinski definition) is 0. The van der Waals surface area contributed by atoms with E-state index in [1.165, 1.54) is 0 Å². The topological polar surface area (TPSA) is 59.2 Å². The fourth-order valence-electron chi connectivity index (χ4n) is 2.36. The fraction of sp³-hybridized carbons (Fsp3) is 0.471. The molecule has 2 heterocycles. The first-order chi connectivity index (χ1) is 10.7. The summed E-state index contributed by atoms with van der Waals surface area (Å²) in [6.07, 6.45) is 5.62. The number of carbonyl (C=O) groups excluding carboxylic acids is 1. The highest BCUT2D eigenvalue weighted by Gasteiger charge is 2.18. The van der Waals surface area contributed by atoms with Crippen LogP contribution in [0, 0.1) is 6.92 Å². The van der Waals surface area contributed by atoms with E-state index < -0.39 is 0 Å². The molecule has 2 aromatic heterocycles. The highest BCUT2D eigenvalue weighted by atomic mass is 16.4. The molecule has 0 aliphatic rings. The van der Waals surface area contributed by atoms with Crippen molar-refractivity contribution in [2.45, 2.75) is 40.0 Å². The van der Waals surface area contributed by atoms with E-state index in [-0.39, 0.29) is 12.3 Å². The first-order valence-electron chi connectivity index (χ1n) is 7.80. The van der Waals surface area contributed by atoms with Gasteiger partial charge in [0.15, 0.2) is 0 Å². The molecule has 0 bridgehead atoms. The van der Waals surface area contributed by atoms with Crippen molar-refractivity contribution in [2.24, 2.45) is 0 Å². The summed E-state index contributed by atoms with van der Waals surface area (Å²) in [6.45, 7) is 7.59. The van der Waals surface area contributed by atoms with Crippen LogP contribution < -0.4 is 0 Å². The lowest BCUT2D eigenvalue weighted by molar-refractivity contribution is -0.130. The van der Waals surface area contributed by atoms with Crippen LogP contribution in [0.25, 0.3) is 11.5 Å². The van der Waals surface area contributed by atoms with Crippen LogP contribution in [0.15, 0.2) is 28.9 Å². The Hall–Kier alpha value is -2.17. The number of aromatic nitrogens is 2. The summed E-state index contributed by atoms with van der Waals surface area (Å²) >= 11 is 0. The Morgan fingerprint density at radius 3 is 2.59 bits per heavy atom. The highest BCUT2D eigenvalue weighted by Crippen LogP contribution is 2.21. The summed E-state index contributed by atoms with van der Waals surface area (Å²) in [5, 5.41) is 0. The molecule has 0 radical (unpaired) electrons. The van der Waals surface area contributed by atoms with Crippen molar-refractivity contribution in [3.8, 4) is 11.5 Å². The smallest absolute Gasteiger partial charge is 0.228 e. The minimum absolute atomic E-state index is 0.109. The fourth-order valence-corrected chi connectivity index (χ4v) is 2.36. The first-order valence-corrected chi connectivity index (χ1v) is 7.80. The molecule has 0 aliphatic heterocycles. The molecule has 5 heteroatoms. The van der Waals surface area contributed by atoms with E-state index in [9.17, 15) is 4.79 Å². The standard InChI is InChI=1S/C17H23N3O2/c1-4-9-20(10-5-2)16(21)11-15-13(3)22-17(19-15)14-7-6-8-18-12-14/h6-8,12H,4-5,9-11H2,1-3H3. The van der Waals surface area contributed by atoms with E-state index in [1.54, 1.807) is 12.4 Å². The van der Waals surface area contributed by atoms with Gasteiger partial charge in [0.2, 0.25) is 11.8 Å². The van der Waals surface area contributed by atoms with Crippen molar-refractivity contribution in [2.75, 3.05) is 13.1 Å². The van der Waals surface area contributed by atoms with Gasteiger partial charge in [-0.25, -0.2) is 4.98 Å². The predicted molar refractivity (Wildman–Crippen MR) is 85.3 cm³/mol. The lowest BCUT2D eigenvalue weighted by Gasteiger charge is -2.20. The summed E-state index contributed by atoms with van der Waals surface area (Å²) in [4.78, 5) is 22.9. The van der Waals surface area contributed by atoms with Gasteiger partial charge < -0.3 is 9.32 Å². The summed E-state index contributed by atoms with van der Waals surface area (Å²) in [5.41, 5.74) is 1.53. The van der Waals surface area contributed by atoms with Crippen LogP contribution in [-0.2, 0) is 11.2 Å². The van der Waals surface area contributed by atoms with Crippen LogP contribution in [0.5, 0.6) is 0 Å². The van der Waals surface area contributed by atoms with Crippen LogP contribution in [0.1, 0.15) is 38.1 Å². The number of aryl methyl sites for hydroxylation is 1. The maximum Gasteiger partial charge on any atom is 0.228 e. The lowest BCUT2D eigenvalue weighted by Crippen LogP contribution is -2.33. The Morgan fingerprint density at radius 2 is 2.00 bits per heavy atom. The van der Waals surface area contributed by atoms with Gasteiger partial charge in [0.1, 0.15) is 5.76 Å². The van der Waals surface area contributed by atoms with Gasteiger partial charge in [0.25, 0.3) is 0 Å². The molecule has 2 rings (SSSR count). The van der Waals surface area contributed by atoms with Gasteiger partial charge >= 0.3 is 0 Å². The summed E-state index contributed by atoms with van der Waals surface area (Å²) in [5.74, 6) is 1.32. The molecular weight excluding hydrogens is 278 g/mol. The van der Waals surface area contributed by atoms with Crippen molar-refractivity contribution in [1.82, 2.24) is 14.9 Å². The van der Waals surface area contributed by atoms with E-state index in [0.29, 0.717) is 17.3 Å². The number of hydrogen-bond acceptors (Lipinski definition) is 4. The zero-order valence-corrected chi connectivity index (χ0v) is 13.5. The molecule has 2 aromatic rings. The number of amides is 1. The van der Waals surface area contributed by atoms with E-state index >= 15 is 0 Å². The predicted octanol–water partition coefficient (Wildman–Crippen LogP) is 3.24. The van der Waals surface area contributed by atoms with Gasteiger partial charge in [0, 0.05) is 25.5 Å². The molecule has 0 N–H and O–H groups in total. The molecule has 0 unspecified atom stereocenters. The van der Waals surface area contributed by atoms with Gasteiger partial charge in [0.05, 0.1) is 17.7 Å². The Morgan fingerprint density at radius 1 is 1.27 bits per heavy atom. The molecule has 22 heavy (non-hydrogen) atoms. The van der Waals surface area contributed by atoms with Gasteiger partial charge in [-0.2, -0.15) is 0 Å². The normalized spacial score (nSPS) is 10.7. The summed E-state index contributed by atoms with van der Waals surface area (Å²) in [6, 6.07) is 3.73. The average molecular weight is 301 g/mol. The largest absolute Gasteiger partial charge is 0.441 e. The highest BCUT2D eigenvalue weighted by molar-refractivity contribution is 5.78. The van der Waals surface area contributed by atoms with Crippen LogP contribution in [0.3, 0.4) is 0 Å². The number of nitrogens with zero attached hydrogens (tertiary/aromatic N) is 3. The molecule has 0 saturated heterocycles. The second-order valence-corrected chi connectivity index (χ2v) is 5.32. The van der Waals surface area contributed by atoms with E-state index in [4.69, 9.17) is 4.42 Å². The van der Waals surface area contributed by atoms with Crippen molar-refractivity contribution in [3.05, 3.63) is 36.0 Å². The van der Waals surface area contributed by atoms with Crippen LogP contribution in [-0.4, -0.2) is 33.9 Å². The van der Waals surface area contributed by atoms with Crippen molar-refractivity contribution in [3.63, 3.8) is 0 Å². The second kappa shape index (κ2) is 7.73. The molecule has 0 fully saturated rings. The molecule has 0 spiro atoms. The third kappa shape index (κ3) is 3.93. The van der Waals surface area contributed by atoms with Gasteiger partial charge in [-0.1, -0.05) is 13.8 Å². The lowest BCUT2D eigenvalue weighted by atomic mass is 10.2. The molecule has 0 aromatic carbocycles. The van der Waals surface area contributed by atoms with E-state index in [1.807, 2.05) is 24.0 Å². The Kier molecular flexibility index (Phi) is 5.69. The Balaban J connectivity index is 2.13. The molecule has 1 amide bonds. The molecule has 0 aliphatic carbocycles. The Bertz CT molecular complexity index is 602. The van der Waals surface area contributed by atoms with Crippen molar-refractivity contribution >= 4 is 5.91 Å². The van der Waals surface area contributed by atoms with Crippen molar-refractivity contribution < 1.29 is 9.21 Å². The monoisotopic (exact) mass is 301 g/mol. The molecule has 0 atom stereocenters. The maximum atomic E-state index is 12.4. The van der Waals surface area contributed by atoms with Gasteiger partial charge in [-0.05, 0) is 31.9 Å². The quantitative estimate of drug-likeness (QED) is 0.787. The van der Waals surface area contributed by atoms with Crippen molar-refractivity contribution in [1.29, 1.82) is 0 Å². The third-order valence-corrected chi connectivity index (χ3v) is 3.46. The maximum absolute atomic E-state index is 12.4. The minimum atomic E-state index is 0.109. The zero-order valence-electron chi connectivity index (χ0n) is 13.5. The van der Waals surface area contributed by atoms with Crippen LogP contribution in [0.2, 0.25) is 0 Å². The first kappa shape index (κ1) is 16.2. The summed E-state index contributed by atoms with van der Waals surface area (Å²) in [7, 11) is 0. The summed E-state index contributed by atoms with van der Waals surface area (Å²) < 4.78 is 5.68. The molecule has 0 saturated carbocycles. The van der Waals surface area contributed by atoms with E-state index in [2.05, 4.69) is 23.8 Å². The SMILES string of the molecule is CCCN(CCC)C(=O)Cc1nc(-c2cccnc2)oc1C. The number of rotatable bonds is 7. The number of pyridine rings is 1. The number of oxazole rings is 1. The Labute approximate surface area is 131 Å². The molecular formula is C17H23N3O2. The third-order valence-electron chi connectivity index (χ3n) is 3.46. The van der Waals surface area contributed by atoms with Gasteiger partial charge in [-0.15, -0.1) is 0 Å². The molecule has 5 nitrogen and oxygen atoms in total. The minimum Gasteiger partial charge on any atom is -0.441 e. The average Bonchev–Trinajstić information content (AvgIpc) is 2.89. The van der Waals surface area contributed by atoms with Crippen LogP contribution >= 0.6 is 0 Å².